The van der Waals surface area contributed by atoms with Crippen molar-refractivity contribution >= 4 is 29.7 Å². The van der Waals surface area contributed by atoms with Crippen molar-refractivity contribution < 1.29 is 19.1 Å². The van der Waals surface area contributed by atoms with Crippen LogP contribution in [0.25, 0.3) is 0 Å². The first-order valence-electron chi connectivity index (χ1n) is 13.0. The molecule has 3 amide bonds. The van der Waals surface area contributed by atoms with Gasteiger partial charge in [0.25, 0.3) is 0 Å². The number of aryl methyl sites for hydroxylation is 2. The summed E-state index contributed by atoms with van der Waals surface area (Å²) in [5, 5.41) is 15.5. The van der Waals surface area contributed by atoms with E-state index in [1.165, 1.54) is 4.90 Å². The third-order valence-electron chi connectivity index (χ3n) is 6.20. The number of hydrogen-bond donors (Lipinski definition) is 2. The van der Waals surface area contributed by atoms with Crippen LogP contribution in [0.4, 0.5) is 4.79 Å². The van der Waals surface area contributed by atoms with Gasteiger partial charge in [0.05, 0.1) is 6.07 Å². The highest BCUT2D eigenvalue weighted by molar-refractivity contribution is 7.98. The van der Waals surface area contributed by atoms with Gasteiger partial charge in [-0.1, -0.05) is 48.6 Å². The highest BCUT2D eigenvalue weighted by Gasteiger charge is 2.37. The summed E-state index contributed by atoms with van der Waals surface area (Å²) in [7, 11) is 0. The van der Waals surface area contributed by atoms with E-state index in [2.05, 4.69) is 16.7 Å². The Hall–Kier alpha value is -2.73. The lowest BCUT2D eigenvalue weighted by Gasteiger charge is -2.34. The van der Waals surface area contributed by atoms with Gasteiger partial charge in [0.2, 0.25) is 11.8 Å². The molecule has 0 saturated heterocycles. The largest absolute Gasteiger partial charge is 0.444 e. The van der Waals surface area contributed by atoms with Gasteiger partial charge < -0.3 is 20.3 Å². The molecule has 1 aromatic rings. The zero-order chi connectivity index (χ0) is 27.6. The first-order valence-corrected chi connectivity index (χ1v) is 14.4. The fourth-order valence-electron chi connectivity index (χ4n) is 4.68. The maximum atomic E-state index is 13.9. The van der Waals surface area contributed by atoms with Gasteiger partial charge in [0.1, 0.15) is 24.2 Å². The van der Waals surface area contributed by atoms with E-state index >= 15 is 0 Å². The van der Waals surface area contributed by atoms with Crippen LogP contribution in [0, 0.1) is 25.2 Å². The van der Waals surface area contributed by atoms with Crippen molar-refractivity contribution in [2.24, 2.45) is 0 Å². The predicted octanol–water partition coefficient (Wildman–Crippen LogP) is 4.79. The topological polar surface area (TPSA) is 112 Å². The maximum absolute atomic E-state index is 13.9. The number of carbonyl (C=O) groups is 3. The van der Waals surface area contributed by atoms with E-state index in [4.69, 9.17) is 4.74 Å². The minimum atomic E-state index is -0.995. The summed E-state index contributed by atoms with van der Waals surface area (Å²) in [5.74, 6) is -0.180. The number of thioether (sulfide) groups is 1. The molecule has 1 aromatic carbocycles. The molecule has 0 aliphatic heterocycles. The molecule has 0 bridgehead atoms. The zero-order valence-electron chi connectivity index (χ0n) is 23.1. The molecular weight excluding hydrogens is 488 g/mol. The summed E-state index contributed by atoms with van der Waals surface area (Å²) in [6.45, 7) is 8.83. The molecule has 2 rings (SSSR count). The second-order valence-electron chi connectivity index (χ2n) is 10.8. The van der Waals surface area contributed by atoms with Gasteiger partial charge in [-0.05, 0) is 71.5 Å². The fraction of sp³-hybridized carbons (Fsp3) is 0.643. The Bertz CT molecular complexity index is 959. The summed E-state index contributed by atoms with van der Waals surface area (Å²) in [6.07, 6.45) is 6.59. The number of nitrogens with zero attached hydrogens (tertiary/aromatic N) is 2. The molecule has 2 atom stereocenters. The normalized spacial score (nSPS) is 15.7. The second kappa shape index (κ2) is 14.3. The van der Waals surface area contributed by atoms with Crippen LogP contribution in [0.3, 0.4) is 0 Å². The number of ether oxygens (including phenoxy) is 1. The minimum Gasteiger partial charge on any atom is -0.444 e. The van der Waals surface area contributed by atoms with Crippen LogP contribution in [0.2, 0.25) is 0 Å². The molecule has 9 heteroatoms. The number of hydrogen-bond acceptors (Lipinski definition) is 6. The van der Waals surface area contributed by atoms with Crippen LogP contribution < -0.4 is 10.6 Å². The molecule has 1 aliphatic rings. The Morgan fingerprint density at radius 1 is 1.14 bits per heavy atom. The fourth-order valence-corrected chi connectivity index (χ4v) is 5.15. The third kappa shape index (κ3) is 9.92. The second-order valence-corrected chi connectivity index (χ2v) is 11.8. The van der Waals surface area contributed by atoms with Crippen molar-refractivity contribution in [1.82, 2.24) is 15.5 Å². The van der Waals surface area contributed by atoms with Crippen LogP contribution in [-0.2, 0) is 14.3 Å². The summed E-state index contributed by atoms with van der Waals surface area (Å²) < 4.78 is 5.39. The number of alkyl carbamates (subject to hydrolysis) is 1. The Morgan fingerprint density at radius 3 is 2.30 bits per heavy atom. The lowest BCUT2D eigenvalue weighted by molar-refractivity contribution is -0.142. The molecule has 37 heavy (non-hydrogen) atoms. The van der Waals surface area contributed by atoms with Crippen molar-refractivity contribution in [2.75, 3.05) is 18.6 Å². The first kappa shape index (κ1) is 30.5. The molecule has 1 aliphatic carbocycles. The van der Waals surface area contributed by atoms with Crippen molar-refractivity contribution in [3.8, 4) is 6.07 Å². The first-order chi connectivity index (χ1) is 17.4. The smallest absolute Gasteiger partial charge is 0.408 e. The van der Waals surface area contributed by atoms with Gasteiger partial charge >= 0.3 is 6.09 Å². The Labute approximate surface area is 225 Å². The number of amides is 3. The Kier molecular flexibility index (Phi) is 11.8. The molecular formula is C28H42N4O4S. The summed E-state index contributed by atoms with van der Waals surface area (Å²) in [4.78, 5) is 41.6. The van der Waals surface area contributed by atoms with Gasteiger partial charge in [-0.3, -0.25) is 9.59 Å². The quantitative estimate of drug-likeness (QED) is 0.421. The van der Waals surface area contributed by atoms with E-state index in [0.29, 0.717) is 17.7 Å². The van der Waals surface area contributed by atoms with Crippen molar-refractivity contribution in [2.45, 2.75) is 96.9 Å². The van der Waals surface area contributed by atoms with Gasteiger partial charge in [-0.2, -0.15) is 17.0 Å². The van der Waals surface area contributed by atoms with Crippen molar-refractivity contribution in [1.29, 1.82) is 5.26 Å². The van der Waals surface area contributed by atoms with E-state index in [-0.39, 0.29) is 18.5 Å². The van der Waals surface area contributed by atoms with Crippen LogP contribution in [0.15, 0.2) is 18.2 Å². The van der Waals surface area contributed by atoms with Gasteiger partial charge in [0, 0.05) is 6.04 Å². The highest BCUT2D eigenvalue weighted by atomic mass is 32.2. The molecule has 0 heterocycles. The third-order valence-corrected chi connectivity index (χ3v) is 6.84. The van der Waals surface area contributed by atoms with E-state index in [1.54, 1.807) is 32.5 Å². The molecule has 204 valence electrons. The number of rotatable bonds is 10. The monoisotopic (exact) mass is 530 g/mol. The molecule has 1 saturated carbocycles. The van der Waals surface area contributed by atoms with Crippen molar-refractivity contribution in [3.05, 3.63) is 34.9 Å². The molecule has 2 N–H and O–H groups in total. The molecule has 2 unspecified atom stereocenters. The van der Waals surface area contributed by atoms with Gasteiger partial charge in [-0.15, -0.1) is 0 Å². The zero-order valence-corrected chi connectivity index (χ0v) is 23.9. The summed E-state index contributed by atoms with van der Waals surface area (Å²) >= 11 is 1.54. The van der Waals surface area contributed by atoms with E-state index in [9.17, 15) is 19.6 Å². The maximum Gasteiger partial charge on any atom is 0.408 e. The minimum absolute atomic E-state index is 0.0425. The number of nitrogens with one attached hydrogen (secondary N) is 2. The molecule has 8 nitrogen and oxygen atoms in total. The molecule has 0 spiro atoms. The lowest BCUT2D eigenvalue weighted by Crippen LogP contribution is -2.54. The predicted molar refractivity (Wildman–Crippen MR) is 147 cm³/mol. The van der Waals surface area contributed by atoms with Crippen LogP contribution >= 0.6 is 11.8 Å². The summed E-state index contributed by atoms with van der Waals surface area (Å²) in [6, 6.07) is 5.94. The van der Waals surface area contributed by atoms with Crippen molar-refractivity contribution in [3.63, 3.8) is 0 Å². The van der Waals surface area contributed by atoms with Crippen LogP contribution in [0.1, 0.15) is 82.0 Å². The average Bonchev–Trinajstić information content (AvgIpc) is 2.80. The Morgan fingerprint density at radius 2 is 1.76 bits per heavy atom. The molecule has 0 aromatic heterocycles. The molecule has 1 fully saturated rings. The van der Waals surface area contributed by atoms with E-state index < -0.39 is 29.7 Å². The number of benzene rings is 1. The molecule has 0 radical (unpaired) electrons. The van der Waals surface area contributed by atoms with Gasteiger partial charge in [-0.25, -0.2) is 4.79 Å². The lowest BCUT2D eigenvalue weighted by atomic mass is 9.94. The number of carbonyl (C=O) groups excluding carboxylic acids is 3. The van der Waals surface area contributed by atoms with E-state index in [0.717, 1.165) is 43.2 Å². The Balaban J connectivity index is 2.45. The summed E-state index contributed by atoms with van der Waals surface area (Å²) in [5.41, 5.74) is 1.84. The van der Waals surface area contributed by atoms with Gasteiger partial charge in [0.15, 0.2) is 0 Å². The average molecular weight is 531 g/mol. The SMILES string of the molecule is CSCCC(NC(=O)OC(C)(C)C)C(=O)N(CC#N)C(C(=O)NC1CCCCC1)c1cc(C)cc(C)c1. The van der Waals surface area contributed by atoms with Crippen LogP contribution in [0.5, 0.6) is 0 Å². The van der Waals surface area contributed by atoms with E-state index in [1.807, 2.05) is 38.3 Å². The van der Waals surface area contributed by atoms with Crippen LogP contribution in [-0.4, -0.2) is 59.0 Å². The standard InChI is InChI=1S/C28H42N4O4S/c1-19-16-20(2)18-21(17-19)24(25(33)30-22-10-8-7-9-11-22)32(14-13-29)26(34)23(12-15-37-6)31-27(35)36-28(3,4)5/h16-18,22-24H,7-12,14-15H2,1-6H3,(H,30,33)(H,31,35). The highest BCUT2D eigenvalue weighted by Crippen LogP contribution is 2.27. The number of nitriles is 1.